The number of fused-ring (bicyclic) bond motifs is 4. The Labute approximate surface area is 206 Å². The first-order valence-electron chi connectivity index (χ1n) is 11.4. The quantitative estimate of drug-likeness (QED) is 0.260. The second-order valence-corrected chi connectivity index (χ2v) is 9.25. The Balaban J connectivity index is 1.58. The summed E-state index contributed by atoms with van der Waals surface area (Å²) >= 11 is 1.53. The maximum absolute atomic E-state index is 13.7. The van der Waals surface area contributed by atoms with E-state index in [1.807, 2.05) is 78.9 Å². The molecule has 5 heteroatoms. The molecule has 0 aliphatic heterocycles. The number of nitrogens with zero attached hydrogens (tertiary/aromatic N) is 3. The summed E-state index contributed by atoms with van der Waals surface area (Å²) in [6.45, 7) is 4.48. The maximum Gasteiger partial charge on any atom is 0.280 e. The molecule has 4 nitrogen and oxygen atoms in total. The van der Waals surface area contributed by atoms with Gasteiger partial charge in [0, 0.05) is 22.9 Å². The van der Waals surface area contributed by atoms with Crippen LogP contribution < -0.4 is 4.80 Å². The van der Waals surface area contributed by atoms with E-state index in [1.165, 1.54) is 11.3 Å². The lowest BCUT2D eigenvalue weighted by molar-refractivity contribution is 0.0999. The fourth-order valence-electron chi connectivity index (χ4n) is 4.45. The fourth-order valence-corrected chi connectivity index (χ4v) is 5.62. The minimum atomic E-state index is -0.283. The third-order valence-corrected chi connectivity index (χ3v) is 7.23. The number of rotatable bonds is 4. The number of aromatic nitrogens is 2. The van der Waals surface area contributed by atoms with Crippen LogP contribution in [0.1, 0.15) is 10.4 Å². The number of carbonyl (C=O) groups excluding carboxylic acids is 1. The molecular weight excluding hydrogens is 450 g/mol. The summed E-state index contributed by atoms with van der Waals surface area (Å²) in [7, 11) is 0. The van der Waals surface area contributed by atoms with Crippen LogP contribution in [-0.2, 0) is 6.54 Å². The molecule has 0 bridgehead atoms. The number of carbonyl (C=O) groups is 1. The van der Waals surface area contributed by atoms with Crippen LogP contribution in [0.2, 0.25) is 0 Å². The van der Waals surface area contributed by atoms with Gasteiger partial charge in [0.15, 0.2) is 4.80 Å². The normalized spacial score (nSPS) is 11.9. The Morgan fingerprint density at radius 2 is 1.66 bits per heavy atom. The minimum absolute atomic E-state index is 0.283. The average Bonchev–Trinajstić information content (AvgIpc) is 3.26. The lowest BCUT2D eigenvalue weighted by Crippen LogP contribution is -2.16. The lowest BCUT2D eigenvalue weighted by Gasteiger charge is -2.08. The molecule has 0 unspecified atom stereocenters. The van der Waals surface area contributed by atoms with E-state index in [0.717, 1.165) is 43.1 Å². The predicted molar refractivity (Wildman–Crippen MR) is 145 cm³/mol. The van der Waals surface area contributed by atoms with E-state index in [4.69, 9.17) is 4.98 Å². The molecule has 0 atom stereocenters. The van der Waals surface area contributed by atoms with Crippen LogP contribution in [0.15, 0.2) is 115 Å². The molecule has 168 valence electrons. The van der Waals surface area contributed by atoms with Crippen LogP contribution in [0.5, 0.6) is 0 Å². The van der Waals surface area contributed by atoms with E-state index >= 15 is 0 Å². The molecule has 4 aromatic carbocycles. The van der Waals surface area contributed by atoms with E-state index < -0.39 is 0 Å². The van der Waals surface area contributed by atoms with Crippen molar-refractivity contribution in [2.75, 3.05) is 0 Å². The maximum atomic E-state index is 13.7. The van der Waals surface area contributed by atoms with Gasteiger partial charge in [0.1, 0.15) is 0 Å². The molecule has 0 saturated heterocycles. The summed E-state index contributed by atoms with van der Waals surface area (Å²) in [5.74, 6) is -0.283. The highest BCUT2D eigenvalue weighted by Gasteiger charge is 2.15. The number of thiazole rings is 1. The summed E-state index contributed by atoms with van der Waals surface area (Å²) < 4.78 is 3.17. The number of benzene rings is 4. The Morgan fingerprint density at radius 3 is 2.49 bits per heavy atom. The number of allylic oxidation sites excluding steroid dienone is 1. The Morgan fingerprint density at radius 1 is 0.914 bits per heavy atom. The van der Waals surface area contributed by atoms with Gasteiger partial charge < -0.3 is 4.57 Å². The molecule has 6 aromatic rings. The second kappa shape index (κ2) is 8.78. The molecule has 1 amide bonds. The Hall–Kier alpha value is -4.35. The van der Waals surface area contributed by atoms with Crippen LogP contribution in [0, 0.1) is 0 Å². The molecule has 6 rings (SSSR count). The SMILES string of the molecule is C=CCn1c(=NC(=O)c2cc(-c3ccccc3)nc3ccccc23)sc2c3ccccc3ccc21. The van der Waals surface area contributed by atoms with Crippen molar-refractivity contribution in [3.8, 4) is 11.3 Å². The predicted octanol–water partition coefficient (Wildman–Crippen LogP) is 7.00. The van der Waals surface area contributed by atoms with Gasteiger partial charge in [-0.15, -0.1) is 6.58 Å². The molecule has 2 heterocycles. The molecular formula is C30H21N3OS. The lowest BCUT2D eigenvalue weighted by atomic mass is 10.0. The fraction of sp³-hybridized carbons (Fsp3) is 0.0333. The van der Waals surface area contributed by atoms with Gasteiger partial charge in [0.05, 0.1) is 27.0 Å². The van der Waals surface area contributed by atoms with Gasteiger partial charge in [-0.25, -0.2) is 4.98 Å². The highest BCUT2D eigenvalue weighted by Crippen LogP contribution is 2.28. The van der Waals surface area contributed by atoms with Crippen LogP contribution in [0.25, 0.3) is 43.1 Å². The molecule has 0 saturated carbocycles. The summed E-state index contributed by atoms with van der Waals surface area (Å²) in [6, 6.07) is 32.0. The number of pyridine rings is 1. The van der Waals surface area contributed by atoms with E-state index in [9.17, 15) is 4.79 Å². The first kappa shape index (κ1) is 21.2. The van der Waals surface area contributed by atoms with Crippen molar-refractivity contribution in [2.24, 2.45) is 4.99 Å². The van der Waals surface area contributed by atoms with Gasteiger partial charge in [0.2, 0.25) is 0 Å². The van der Waals surface area contributed by atoms with Crippen molar-refractivity contribution in [1.29, 1.82) is 0 Å². The summed E-state index contributed by atoms with van der Waals surface area (Å²) in [5.41, 5.74) is 4.08. The smallest absolute Gasteiger partial charge is 0.280 e. The van der Waals surface area contributed by atoms with Crippen molar-refractivity contribution in [3.63, 3.8) is 0 Å². The van der Waals surface area contributed by atoms with Gasteiger partial charge in [-0.05, 0) is 23.6 Å². The molecule has 0 radical (unpaired) electrons. The Kier molecular flexibility index (Phi) is 5.32. The van der Waals surface area contributed by atoms with Crippen molar-refractivity contribution in [2.45, 2.75) is 6.54 Å². The molecule has 0 aliphatic carbocycles. The van der Waals surface area contributed by atoms with Crippen LogP contribution in [0.4, 0.5) is 0 Å². The molecule has 0 N–H and O–H groups in total. The number of hydrogen-bond donors (Lipinski definition) is 0. The van der Waals surface area contributed by atoms with Crippen LogP contribution in [-0.4, -0.2) is 15.5 Å². The standard InChI is InChI=1S/C30H21N3OS/c1-2-18-33-27-17-16-20-10-6-7-13-22(20)28(27)35-30(33)32-29(34)24-19-26(21-11-4-3-5-12-21)31-25-15-9-8-14-23(24)25/h2-17,19H,1,18H2. The molecule has 0 fully saturated rings. The third kappa shape index (κ3) is 3.76. The van der Waals surface area contributed by atoms with Crippen LogP contribution in [0.3, 0.4) is 0 Å². The molecule has 0 spiro atoms. The van der Waals surface area contributed by atoms with Gasteiger partial charge >= 0.3 is 0 Å². The number of hydrogen-bond acceptors (Lipinski definition) is 3. The second-order valence-electron chi connectivity index (χ2n) is 8.27. The van der Waals surface area contributed by atoms with Gasteiger partial charge in [-0.1, -0.05) is 96.3 Å². The largest absolute Gasteiger partial charge is 0.312 e. The number of para-hydroxylation sites is 1. The van der Waals surface area contributed by atoms with E-state index in [2.05, 4.69) is 40.4 Å². The highest BCUT2D eigenvalue weighted by molar-refractivity contribution is 7.17. The van der Waals surface area contributed by atoms with Crippen molar-refractivity contribution >= 4 is 49.1 Å². The highest BCUT2D eigenvalue weighted by atomic mass is 32.1. The summed E-state index contributed by atoms with van der Waals surface area (Å²) in [5, 5.41) is 3.11. The zero-order valence-corrected chi connectivity index (χ0v) is 19.7. The van der Waals surface area contributed by atoms with Gasteiger partial charge in [-0.3, -0.25) is 4.79 Å². The molecule has 2 aromatic heterocycles. The number of amides is 1. The third-order valence-electron chi connectivity index (χ3n) is 6.10. The van der Waals surface area contributed by atoms with Crippen molar-refractivity contribution in [1.82, 2.24) is 9.55 Å². The van der Waals surface area contributed by atoms with Crippen molar-refractivity contribution < 1.29 is 4.79 Å². The Bertz CT molecular complexity index is 1810. The van der Waals surface area contributed by atoms with Gasteiger partial charge in [-0.2, -0.15) is 4.99 Å². The topological polar surface area (TPSA) is 47.2 Å². The first-order chi connectivity index (χ1) is 17.2. The average molecular weight is 472 g/mol. The van der Waals surface area contributed by atoms with E-state index in [1.54, 1.807) is 0 Å². The van der Waals surface area contributed by atoms with E-state index in [-0.39, 0.29) is 5.91 Å². The molecule has 0 aliphatic rings. The summed E-state index contributed by atoms with van der Waals surface area (Å²) in [6.07, 6.45) is 1.83. The van der Waals surface area contributed by atoms with Gasteiger partial charge in [0.25, 0.3) is 5.91 Å². The zero-order valence-electron chi connectivity index (χ0n) is 18.9. The van der Waals surface area contributed by atoms with Crippen LogP contribution >= 0.6 is 11.3 Å². The summed E-state index contributed by atoms with van der Waals surface area (Å²) in [4.78, 5) is 23.8. The molecule has 35 heavy (non-hydrogen) atoms. The van der Waals surface area contributed by atoms with Crippen molar-refractivity contribution in [3.05, 3.63) is 120 Å². The first-order valence-corrected chi connectivity index (χ1v) is 12.2. The van der Waals surface area contributed by atoms with E-state index in [0.29, 0.717) is 16.9 Å². The monoisotopic (exact) mass is 471 g/mol. The minimum Gasteiger partial charge on any atom is -0.312 e. The zero-order chi connectivity index (χ0) is 23.8.